The summed E-state index contributed by atoms with van der Waals surface area (Å²) in [5.41, 5.74) is 0. The molecule has 0 saturated carbocycles. The quantitative estimate of drug-likeness (QED) is 0.429. The number of hydrogen-bond acceptors (Lipinski definition) is 6. The molecule has 2 unspecified atom stereocenters. The van der Waals surface area contributed by atoms with Gasteiger partial charge in [-0.2, -0.15) is 0 Å². The van der Waals surface area contributed by atoms with Crippen molar-refractivity contribution in [2.75, 3.05) is 13.7 Å². The molecule has 0 aromatic heterocycles. The fourth-order valence-electron chi connectivity index (χ4n) is 1.40. The Hall–Kier alpha value is -1.47. The third-order valence-electron chi connectivity index (χ3n) is 2.33. The highest BCUT2D eigenvalue weighted by Gasteiger charge is 2.45. The van der Waals surface area contributed by atoms with Gasteiger partial charge in [-0.25, -0.2) is 0 Å². The van der Waals surface area contributed by atoms with Gasteiger partial charge in [0.1, 0.15) is 0 Å². The summed E-state index contributed by atoms with van der Waals surface area (Å²) in [6.45, 7) is -0.0130. The number of amides is 2. The van der Waals surface area contributed by atoms with E-state index in [-0.39, 0.29) is 19.4 Å². The third-order valence-corrected chi connectivity index (χ3v) is 2.33. The van der Waals surface area contributed by atoms with Gasteiger partial charge in [0, 0.05) is 13.0 Å². The van der Waals surface area contributed by atoms with Gasteiger partial charge in [-0.3, -0.25) is 19.3 Å². The smallest absolute Gasteiger partial charge is 0.305 e. The number of carbonyl (C=O) groups excluding carboxylic acids is 3. The molecule has 1 saturated heterocycles. The minimum absolute atomic E-state index is 0.0130. The maximum Gasteiger partial charge on any atom is 0.305 e. The van der Waals surface area contributed by atoms with Crippen LogP contribution in [0.3, 0.4) is 0 Å². The molecule has 7 nitrogen and oxygen atoms in total. The van der Waals surface area contributed by atoms with Crippen LogP contribution in [0.15, 0.2) is 0 Å². The molecule has 16 heavy (non-hydrogen) atoms. The second-order valence-corrected chi connectivity index (χ2v) is 3.40. The number of aliphatic hydroxyl groups excluding tert-OH is 2. The lowest BCUT2D eigenvalue weighted by Crippen LogP contribution is -2.33. The van der Waals surface area contributed by atoms with Gasteiger partial charge in [0.2, 0.25) is 0 Å². The lowest BCUT2D eigenvalue weighted by Gasteiger charge is -2.12. The summed E-state index contributed by atoms with van der Waals surface area (Å²) in [5, 5.41) is 18.2. The highest BCUT2D eigenvalue weighted by atomic mass is 16.5. The zero-order valence-electron chi connectivity index (χ0n) is 8.75. The maximum atomic E-state index is 11.3. The molecule has 0 aromatic rings. The molecule has 1 aliphatic heterocycles. The van der Waals surface area contributed by atoms with Crippen LogP contribution in [-0.4, -0.2) is 58.8 Å². The second kappa shape index (κ2) is 5.04. The summed E-state index contributed by atoms with van der Waals surface area (Å²) in [6.07, 6.45) is -3.07. The molecule has 2 amide bonds. The van der Waals surface area contributed by atoms with Crippen molar-refractivity contribution in [3.8, 4) is 0 Å². The lowest BCUT2D eigenvalue weighted by atomic mass is 10.2. The third kappa shape index (κ3) is 2.37. The van der Waals surface area contributed by atoms with Crippen molar-refractivity contribution in [1.82, 2.24) is 4.90 Å². The Balaban J connectivity index is 2.46. The van der Waals surface area contributed by atoms with Crippen molar-refractivity contribution in [1.29, 1.82) is 0 Å². The van der Waals surface area contributed by atoms with Crippen LogP contribution < -0.4 is 0 Å². The number of likely N-dealkylation sites (tertiary alicyclic amines) is 1. The monoisotopic (exact) mass is 231 g/mol. The standard InChI is InChI=1S/C9H13NO6/c1-16-5(11)3-2-4-10-8(14)6(12)7(13)9(10)15/h6-7,12-13H,2-4H2,1H3. The first-order chi connectivity index (χ1) is 7.49. The van der Waals surface area contributed by atoms with E-state index in [9.17, 15) is 14.4 Å². The van der Waals surface area contributed by atoms with Crippen LogP contribution in [0.2, 0.25) is 0 Å². The molecule has 7 heteroatoms. The number of methoxy groups -OCH3 is 1. The van der Waals surface area contributed by atoms with Crippen molar-refractivity contribution < 1.29 is 29.3 Å². The topological polar surface area (TPSA) is 104 Å². The van der Waals surface area contributed by atoms with Crippen LogP contribution in [0.5, 0.6) is 0 Å². The van der Waals surface area contributed by atoms with Gasteiger partial charge in [0.25, 0.3) is 11.8 Å². The molecule has 2 atom stereocenters. The van der Waals surface area contributed by atoms with Gasteiger partial charge in [0.15, 0.2) is 12.2 Å². The number of carbonyl (C=O) groups is 3. The van der Waals surface area contributed by atoms with Gasteiger partial charge in [-0.05, 0) is 6.42 Å². The van der Waals surface area contributed by atoms with E-state index in [0.717, 1.165) is 4.90 Å². The van der Waals surface area contributed by atoms with Crippen LogP contribution in [0.25, 0.3) is 0 Å². The molecule has 0 aliphatic carbocycles. The zero-order valence-corrected chi connectivity index (χ0v) is 8.75. The van der Waals surface area contributed by atoms with Crippen LogP contribution in [0, 0.1) is 0 Å². The Labute approximate surface area is 91.6 Å². The number of esters is 1. The molecule has 1 heterocycles. The SMILES string of the molecule is COC(=O)CCCN1C(=O)C(O)C(O)C1=O. The van der Waals surface area contributed by atoms with Gasteiger partial charge in [0.05, 0.1) is 7.11 Å². The Bertz CT molecular complexity index is 295. The minimum atomic E-state index is -1.69. The Morgan fingerprint density at radius 3 is 2.25 bits per heavy atom. The van der Waals surface area contributed by atoms with E-state index in [2.05, 4.69) is 4.74 Å². The fraction of sp³-hybridized carbons (Fsp3) is 0.667. The average Bonchev–Trinajstić information content (AvgIpc) is 2.46. The number of aliphatic hydroxyl groups is 2. The Morgan fingerprint density at radius 2 is 1.81 bits per heavy atom. The number of ether oxygens (including phenoxy) is 1. The van der Waals surface area contributed by atoms with E-state index in [1.807, 2.05) is 0 Å². The predicted molar refractivity (Wildman–Crippen MR) is 50.0 cm³/mol. The summed E-state index contributed by atoms with van der Waals surface area (Å²) < 4.78 is 4.38. The van der Waals surface area contributed by atoms with E-state index >= 15 is 0 Å². The molecular weight excluding hydrogens is 218 g/mol. The van der Waals surface area contributed by atoms with E-state index in [1.54, 1.807) is 0 Å². The maximum absolute atomic E-state index is 11.3. The Morgan fingerprint density at radius 1 is 1.31 bits per heavy atom. The zero-order chi connectivity index (χ0) is 12.3. The lowest BCUT2D eigenvalue weighted by molar-refractivity contribution is -0.144. The fourth-order valence-corrected chi connectivity index (χ4v) is 1.40. The van der Waals surface area contributed by atoms with Crippen molar-refractivity contribution in [2.24, 2.45) is 0 Å². The number of imide groups is 1. The molecule has 1 aliphatic rings. The minimum Gasteiger partial charge on any atom is -0.469 e. The molecule has 90 valence electrons. The van der Waals surface area contributed by atoms with Gasteiger partial charge >= 0.3 is 5.97 Å². The predicted octanol–water partition coefficient (Wildman–Crippen LogP) is -1.97. The first-order valence-corrected chi connectivity index (χ1v) is 4.77. The molecule has 1 rings (SSSR count). The highest BCUT2D eigenvalue weighted by molar-refractivity contribution is 6.07. The number of nitrogens with zero attached hydrogens (tertiary/aromatic N) is 1. The van der Waals surface area contributed by atoms with Crippen molar-refractivity contribution in [3.05, 3.63) is 0 Å². The van der Waals surface area contributed by atoms with E-state index in [4.69, 9.17) is 10.2 Å². The first-order valence-electron chi connectivity index (χ1n) is 4.77. The summed E-state index contributed by atoms with van der Waals surface area (Å²) in [5.74, 6) is -2.11. The van der Waals surface area contributed by atoms with Crippen LogP contribution >= 0.6 is 0 Å². The molecular formula is C9H13NO6. The number of hydrogen-bond donors (Lipinski definition) is 2. The first kappa shape index (κ1) is 12.6. The summed E-state index contributed by atoms with van der Waals surface area (Å²) in [4.78, 5) is 34.0. The van der Waals surface area contributed by atoms with E-state index < -0.39 is 30.0 Å². The molecule has 0 aromatic carbocycles. The number of rotatable bonds is 4. The van der Waals surface area contributed by atoms with Gasteiger partial charge < -0.3 is 14.9 Å². The normalized spacial score (nSPS) is 25.1. The second-order valence-electron chi connectivity index (χ2n) is 3.40. The average molecular weight is 231 g/mol. The van der Waals surface area contributed by atoms with Crippen molar-refractivity contribution >= 4 is 17.8 Å². The highest BCUT2D eigenvalue weighted by Crippen LogP contribution is 2.14. The summed E-state index contributed by atoms with van der Waals surface area (Å²) >= 11 is 0. The van der Waals surface area contributed by atoms with Gasteiger partial charge in [-0.1, -0.05) is 0 Å². The van der Waals surface area contributed by atoms with Crippen LogP contribution in [-0.2, 0) is 19.1 Å². The molecule has 0 spiro atoms. The van der Waals surface area contributed by atoms with Gasteiger partial charge in [-0.15, -0.1) is 0 Å². The Kier molecular flexibility index (Phi) is 3.97. The van der Waals surface area contributed by atoms with E-state index in [1.165, 1.54) is 7.11 Å². The summed E-state index contributed by atoms with van der Waals surface area (Å²) in [6, 6.07) is 0. The van der Waals surface area contributed by atoms with Crippen LogP contribution in [0.4, 0.5) is 0 Å². The largest absolute Gasteiger partial charge is 0.469 e. The molecule has 0 radical (unpaired) electrons. The van der Waals surface area contributed by atoms with Crippen molar-refractivity contribution in [2.45, 2.75) is 25.0 Å². The summed E-state index contributed by atoms with van der Waals surface area (Å²) in [7, 11) is 1.24. The van der Waals surface area contributed by atoms with E-state index in [0.29, 0.717) is 0 Å². The molecule has 0 bridgehead atoms. The van der Waals surface area contributed by atoms with Crippen molar-refractivity contribution in [3.63, 3.8) is 0 Å². The molecule has 2 N–H and O–H groups in total. The van der Waals surface area contributed by atoms with Crippen LogP contribution in [0.1, 0.15) is 12.8 Å². The molecule has 1 fully saturated rings.